The van der Waals surface area contributed by atoms with E-state index in [4.69, 9.17) is 9.47 Å². The number of carbonyl (C=O) groups excluding carboxylic acids is 3. The number of carbonyl (C=O) groups is 3. The number of benzene rings is 2. The summed E-state index contributed by atoms with van der Waals surface area (Å²) in [5.74, 6) is 0.898. The lowest BCUT2D eigenvalue weighted by Crippen LogP contribution is -2.47. The summed E-state index contributed by atoms with van der Waals surface area (Å²) in [5.41, 5.74) is 2.54. The molecule has 1 unspecified atom stereocenters. The SMILES string of the molecule is CC(C)c1ccc(N2C(=O)CC(N(Cc3ccc4c(c3)OCO4)C(=O)C3CCCCC3)C2=O)cc1. The summed E-state index contributed by atoms with van der Waals surface area (Å²) in [4.78, 5) is 43.3. The molecule has 1 atom stereocenters. The molecule has 7 nitrogen and oxygen atoms in total. The van der Waals surface area contributed by atoms with Crippen LogP contribution in [0.5, 0.6) is 11.5 Å². The maximum absolute atomic E-state index is 13.7. The van der Waals surface area contributed by atoms with Gasteiger partial charge in [-0.2, -0.15) is 0 Å². The Morgan fingerprint density at radius 2 is 1.71 bits per heavy atom. The van der Waals surface area contributed by atoms with Crippen LogP contribution in [0.2, 0.25) is 0 Å². The molecule has 5 rings (SSSR count). The van der Waals surface area contributed by atoms with Crippen molar-refractivity contribution in [2.45, 2.75) is 70.9 Å². The second-order valence-electron chi connectivity index (χ2n) is 10.0. The zero-order chi connectivity index (χ0) is 24.5. The van der Waals surface area contributed by atoms with Crippen molar-refractivity contribution in [3.8, 4) is 11.5 Å². The first-order chi connectivity index (χ1) is 16.9. The third-order valence-corrected chi connectivity index (χ3v) is 7.34. The van der Waals surface area contributed by atoms with Gasteiger partial charge in [0.25, 0.3) is 5.91 Å². The lowest BCUT2D eigenvalue weighted by atomic mass is 9.87. The predicted octanol–water partition coefficient (Wildman–Crippen LogP) is 4.78. The molecule has 2 heterocycles. The highest BCUT2D eigenvalue weighted by molar-refractivity contribution is 6.23. The van der Waals surface area contributed by atoms with Crippen LogP contribution in [0.1, 0.15) is 69.4 Å². The van der Waals surface area contributed by atoms with Crippen molar-refractivity contribution in [2.75, 3.05) is 11.7 Å². The fourth-order valence-electron chi connectivity index (χ4n) is 5.30. The molecule has 2 fully saturated rings. The van der Waals surface area contributed by atoms with Crippen molar-refractivity contribution in [3.05, 3.63) is 53.6 Å². The van der Waals surface area contributed by atoms with E-state index < -0.39 is 6.04 Å². The molecule has 3 amide bonds. The van der Waals surface area contributed by atoms with Crippen molar-refractivity contribution < 1.29 is 23.9 Å². The van der Waals surface area contributed by atoms with Gasteiger partial charge >= 0.3 is 0 Å². The summed E-state index contributed by atoms with van der Waals surface area (Å²) >= 11 is 0. The Labute approximate surface area is 206 Å². The van der Waals surface area contributed by atoms with Crippen molar-refractivity contribution >= 4 is 23.4 Å². The summed E-state index contributed by atoms with van der Waals surface area (Å²) in [7, 11) is 0. The first-order valence-corrected chi connectivity index (χ1v) is 12.6. The average Bonchev–Trinajstić information content (AvgIpc) is 3.46. The van der Waals surface area contributed by atoms with Crippen LogP contribution in [0, 0.1) is 5.92 Å². The Morgan fingerprint density at radius 3 is 2.43 bits per heavy atom. The van der Waals surface area contributed by atoms with Gasteiger partial charge in [-0.1, -0.05) is 51.3 Å². The lowest BCUT2D eigenvalue weighted by molar-refractivity contribution is -0.143. The quantitative estimate of drug-likeness (QED) is 0.561. The Balaban J connectivity index is 1.42. The number of hydrogen-bond donors (Lipinski definition) is 0. The summed E-state index contributed by atoms with van der Waals surface area (Å²) in [6.07, 6.45) is 4.80. The number of amides is 3. The van der Waals surface area contributed by atoms with Crippen LogP contribution < -0.4 is 14.4 Å². The zero-order valence-electron chi connectivity index (χ0n) is 20.4. The smallest absolute Gasteiger partial charge is 0.257 e. The molecule has 184 valence electrons. The zero-order valence-corrected chi connectivity index (χ0v) is 20.4. The maximum atomic E-state index is 13.7. The molecule has 3 aliphatic rings. The topological polar surface area (TPSA) is 76.2 Å². The molecule has 0 spiro atoms. The number of hydrogen-bond acceptors (Lipinski definition) is 5. The van der Waals surface area contributed by atoms with Crippen molar-refractivity contribution in [2.24, 2.45) is 5.92 Å². The molecule has 1 saturated heterocycles. The number of imide groups is 1. The highest BCUT2D eigenvalue weighted by Crippen LogP contribution is 2.35. The van der Waals surface area contributed by atoms with Crippen LogP contribution in [-0.2, 0) is 20.9 Å². The van der Waals surface area contributed by atoms with Crippen LogP contribution >= 0.6 is 0 Å². The standard InChI is InChI=1S/C28H32N2O5/c1-18(2)20-9-11-22(12-10-20)30-26(31)15-23(28(30)33)29(27(32)21-6-4-3-5-7-21)16-19-8-13-24-25(14-19)35-17-34-24/h8-14,18,21,23H,3-7,15-17H2,1-2H3. The van der Waals surface area contributed by atoms with Gasteiger partial charge in [0.15, 0.2) is 11.5 Å². The van der Waals surface area contributed by atoms with Gasteiger partial charge in [-0.05, 0) is 54.2 Å². The van der Waals surface area contributed by atoms with E-state index >= 15 is 0 Å². The van der Waals surface area contributed by atoms with E-state index in [0.29, 0.717) is 23.1 Å². The van der Waals surface area contributed by atoms with Gasteiger partial charge in [-0.25, -0.2) is 4.90 Å². The second-order valence-corrected chi connectivity index (χ2v) is 10.0. The Kier molecular flexibility index (Phi) is 6.50. The van der Waals surface area contributed by atoms with Crippen LogP contribution in [-0.4, -0.2) is 35.5 Å². The number of ether oxygens (including phenoxy) is 2. The summed E-state index contributed by atoms with van der Waals surface area (Å²) in [5, 5.41) is 0. The molecule has 1 saturated carbocycles. The lowest BCUT2D eigenvalue weighted by Gasteiger charge is -2.32. The average molecular weight is 477 g/mol. The molecule has 2 aliphatic heterocycles. The van der Waals surface area contributed by atoms with Crippen molar-refractivity contribution in [3.63, 3.8) is 0 Å². The number of nitrogens with zero attached hydrogens (tertiary/aromatic N) is 2. The highest BCUT2D eigenvalue weighted by Gasteiger charge is 2.45. The monoisotopic (exact) mass is 476 g/mol. The summed E-state index contributed by atoms with van der Waals surface area (Å²) < 4.78 is 10.9. The first kappa shape index (κ1) is 23.4. The molecule has 0 bridgehead atoms. The molecule has 1 aliphatic carbocycles. The minimum Gasteiger partial charge on any atom is -0.454 e. The first-order valence-electron chi connectivity index (χ1n) is 12.6. The fraction of sp³-hybridized carbons (Fsp3) is 0.464. The third kappa shape index (κ3) is 4.64. The van der Waals surface area contributed by atoms with Gasteiger partial charge in [0.1, 0.15) is 6.04 Å². The molecule has 2 aromatic rings. The van der Waals surface area contributed by atoms with Gasteiger partial charge in [0.05, 0.1) is 12.1 Å². The molecular weight excluding hydrogens is 444 g/mol. The van der Waals surface area contributed by atoms with Crippen LogP contribution in [0.4, 0.5) is 5.69 Å². The third-order valence-electron chi connectivity index (χ3n) is 7.34. The molecule has 0 radical (unpaired) electrons. The van der Waals surface area contributed by atoms with E-state index in [9.17, 15) is 14.4 Å². The van der Waals surface area contributed by atoms with Crippen LogP contribution in [0.3, 0.4) is 0 Å². The molecule has 0 aromatic heterocycles. The molecule has 7 heteroatoms. The molecular formula is C28H32N2O5. The van der Waals surface area contributed by atoms with E-state index in [-0.39, 0.29) is 43.4 Å². The van der Waals surface area contributed by atoms with Crippen LogP contribution in [0.25, 0.3) is 0 Å². The second kappa shape index (κ2) is 9.72. The Hall–Kier alpha value is -3.35. The highest BCUT2D eigenvalue weighted by atomic mass is 16.7. The molecule has 2 aromatic carbocycles. The van der Waals surface area contributed by atoms with Crippen molar-refractivity contribution in [1.29, 1.82) is 0 Å². The summed E-state index contributed by atoms with van der Waals surface area (Å²) in [6.45, 7) is 4.61. The predicted molar refractivity (Wildman–Crippen MR) is 131 cm³/mol. The Bertz CT molecular complexity index is 1120. The largest absolute Gasteiger partial charge is 0.454 e. The fourth-order valence-corrected chi connectivity index (χ4v) is 5.30. The van der Waals surface area contributed by atoms with Gasteiger partial charge < -0.3 is 14.4 Å². The number of rotatable bonds is 6. The van der Waals surface area contributed by atoms with E-state index in [1.165, 1.54) is 4.90 Å². The van der Waals surface area contributed by atoms with Gasteiger partial charge in [-0.3, -0.25) is 14.4 Å². The van der Waals surface area contributed by atoms with E-state index in [1.807, 2.05) is 42.5 Å². The van der Waals surface area contributed by atoms with Crippen molar-refractivity contribution in [1.82, 2.24) is 4.90 Å². The number of fused-ring (bicyclic) bond motifs is 1. The van der Waals surface area contributed by atoms with E-state index in [0.717, 1.165) is 43.2 Å². The molecule has 35 heavy (non-hydrogen) atoms. The van der Waals surface area contributed by atoms with Crippen LogP contribution in [0.15, 0.2) is 42.5 Å². The minimum atomic E-state index is -0.813. The normalized spacial score (nSPS) is 20.1. The molecule has 0 N–H and O–H groups in total. The Morgan fingerprint density at radius 1 is 1.00 bits per heavy atom. The summed E-state index contributed by atoms with van der Waals surface area (Å²) in [6, 6.07) is 12.3. The van der Waals surface area contributed by atoms with E-state index in [1.54, 1.807) is 4.90 Å². The van der Waals surface area contributed by atoms with Gasteiger partial charge in [0, 0.05) is 12.5 Å². The number of anilines is 1. The minimum absolute atomic E-state index is 0.00617. The van der Waals surface area contributed by atoms with Gasteiger partial charge in [-0.15, -0.1) is 0 Å². The maximum Gasteiger partial charge on any atom is 0.257 e. The van der Waals surface area contributed by atoms with E-state index in [2.05, 4.69) is 13.8 Å². The van der Waals surface area contributed by atoms with Gasteiger partial charge in [0.2, 0.25) is 18.6 Å².